The number of nitrogens with one attached hydrogen (secondary N) is 1. The van der Waals surface area contributed by atoms with Gasteiger partial charge in [-0.3, -0.25) is 14.5 Å². The number of nitrogens with zero attached hydrogens (tertiary/aromatic N) is 2. The van der Waals surface area contributed by atoms with Gasteiger partial charge in [0.25, 0.3) is 5.91 Å². The summed E-state index contributed by atoms with van der Waals surface area (Å²) in [4.78, 5) is 34.7. The van der Waals surface area contributed by atoms with Crippen LogP contribution in [0.25, 0.3) is 10.2 Å². The predicted octanol–water partition coefficient (Wildman–Crippen LogP) is 6.45. The highest BCUT2D eigenvalue weighted by Crippen LogP contribution is 2.46. The maximum atomic E-state index is 14.3. The summed E-state index contributed by atoms with van der Waals surface area (Å²) in [6.07, 6.45) is 0. The lowest BCUT2D eigenvalue weighted by molar-refractivity contribution is -0.118. The molecule has 2 amide bonds. The fourth-order valence-corrected chi connectivity index (χ4v) is 6.15. The Kier molecular flexibility index (Phi) is 7.03. The van der Waals surface area contributed by atoms with E-state index in [1.807, 2.05) is 72.8 Å². The first-order valence-corrected chi connectivity index (χ1v) is 13.8. The van der Waals surface area contributed by atoms with Crippen LogP contribution in [0, 0.1) is 0 Å². The summed E-state index contributed by atoms with van der Waals surface area (Å²) < 4.78 is 17.0. The van der Waals surface area contributed by atoms with Crippen molar-refractivity contribution in [2.24, 2.45) is 0 Å². The molecule has 2 atom stereocenters. The molecule has 4 aromatic carbocycles. The number of amides is 2. The minimum absolute atomic E-state index is 0.192. The molecule has 6 rings (SSSR count). The van der Waals surface area contributed by atoms with Gasteiger partial charge in [-0.15, -0.1) is 0 Å². The molecule has 2 heterocycles. The zero-order valence-electron chi connectivity index (χ0n) is 22.7. The molecule has 0 spiro atoms. The minimum atomic E-state index is -0.735. The van der Waals surface area contributed by atoms with E-state index >= 15 is 0 Å². The molecular formula is C32H27N3O5S. The fourth-order valence-electron chi connectivity index (χ4n) is 5.25. The zero-order valence-corrected chi connectivity index (χ0v) is 23.5. The Labute approximate surface area is 241 Å². The molecule has 1 aliphatic rings. The van der Waals surface area contributed by atoms with E-state index in [9.17, 15) is 9.59 Å². The normalized spacial score (nSPS) is 16.3. The number of carbonyl (C=O) groups excluding carboxylic acids is 2. The molecule has 1 N–H and O–H groups in total. The van der Waals surface area contributed by atoms with Crippen LogP contribution >= 0.6 is 11.3 Å². The van der Waals surface area contributed by atoms with Crippen molar-refractivity contribution in [3.05, 3.63) is 108 Å². The van der Waals surface area contributed by atoms with Crippen LogP contribution in [-0.4, -0.2) is 38.1 Å². The van der Waals surface area contributed by atoms with Crippen LogP contribution in [0.4, 0.5) is 10.8 Å². The molecule has 1 aliphatic heterocycles. The van der Waals surface area contributed by atoms with E-state index in [-0.39, 0.29) is 11.8 Å². The molecule has 206 valence electrons. The molecule has 8 nitrogen and oxygen atoms in total. The number of hydrogen-bond donors (Lipinski definition) is 1. The van der Waals surface area contributed by atoms with E-state index in [1.54, 1.807) is 44.4 Å². The van der Waals surface area contributed by atoms with Gasteiger partial charge in [0.1, 0.15) is 17.2 Å². The number of carbonyl (C=O) groups is 2. The number of methoxy groups -OCH3 is 3. The summed E-state index contributed by atoms with van der Waals surface area (Å²) in [7, 11) is 4.80. The van der Waals surface area contributed by atoms with E-state index in [1.165, 1.54) is 11.3 Å². The number of aromatic nitrogens is 1. The molecule has 2 unspecified atom stereocenters. The largest absolute Gasteiger partial charge is 0.497 e. The minimum Gasteiger partial charge on any atom is -0.497 e. The number of rotatable bonds is 7. The third-order valence-electron chi connectivity index (χ3n) is 7.26. The molecule has 0 aliphatic carbocycles. The van der Waals surface area contributed by atoms with E-state index in [0.717, 1.165) is 15.8 Å². The smallest absolute Gasteiger partial charge is 0.259 e. The molecular weight excluding hydrogens is 538 g/mol. The maximum absolute atomic E-state index is 14.3. The van der Waals surface area contributed by atoms with Crippen molar-refractivity contribution in [1.29, 1.82) is 0 Å². The van der Waals surface area contributed by atoms with Gasteiger partial charge in [-0.2, -0.15) is 0 Å². The molecule has 0 radical (unpaired) electrons. The molecule has 9 heteroatoms. The Morgan fingerprint density at radius 2 is 1.46 bits per heavy atom. The molecule has 0 bridgehead atoms. The van der Waals surface area contributed by atoms with Crippen LogP contribution in [-0.2, 0) is 4.79 Å². The number of thiazole rings is 1. The van der Waals surface area contributed by atoms with Gasteiger partial charge in [-0.05, 0) is 71.8 Å². The number of anilines is 2. The SMILES string of the molecule is COc1ccc(C2C(C(=O)Nc3nc4ccc(OC)cc4s3)c3ccccc3C(=O)N2c2ccc(OC)cc2)cc1. The molecule has 41 heavy (non-hydrogen) atoms. The molecule has 0 saturated carbocycles. The monoisotopic (exact) mass is 565 g/mol. The second-order valence-corrected chi connectivity index (χ2v) is 10.5. The zero-order chi connectivity index (χ0) is 28.5. The lowest BCUT2D eigenvalue weighted by atomic mass is 9.79. The lowest BCUT2D eigenvalue weighted by Crippen LogP contribution is -2.46. The second kappa shape index (κ2) is 10.9. The Balaban J connectivity index is 1.48. The summed E-state index contributed by atoms with van der Waals surface area (Å²) in [5.74, 6) is 0.868. The van der Waals surface area contributed by atoms with Gasteiger partial charge in [0.05, 0.1) is 43.5 Å². The summed E-state index contributed by atoms with van der Waals surface area (Å²) in [6, 6.07) is 27.0. The molecule has 0 fully saturated rings. The quantitative estimate of drug-likeness (QED) is 0.244. The lowest BCUT2D eigenvalue weighted by Gasteiger charge is -2.41. The number of benzene rings is 4. The highest BCUT2D eigenvalue weighted by Gasteiger charge is 2.45. The first kappa shape index (κ1) is 26.3. The summed E-state index contributed by atoms with van der Waals surface area (Å²) >= 11 is 1.37. The van der Waals surface area contributed by atoms with Crippen LogP contribution in [0.3, 0.4) is 0 Å². The third-order valence-corrected chi connectivity index (χ3v) is 8.19. The Bertz CT molecular complexity index is 1730. The summed E-state index contributed by atoms with van der Waals surface area (Å²) in [5, 5.41) is 3.52. The van der Waals surface area contributed by atoms with Gasteiger partial charge in [0.15, 0.2) is 5.13 Å². The van der Waals surface area contributed by atoms with Crippen molar-refractivity contribution < 1.29 is 23.8 Å². The van der Waals surface area contributed by atoms with Crippen LogP contribution < -0.4 is 24.4 Å². The van der Waals surface area contributed by atoms with Crippen molar-refractivity contribution in [2.45, 2.75) is 12.0 Å². The Hall–Kier alpha value is -4.89. The fraction of sp³-hybridized carbons (Fsp3) is 0.156. The first-order valence-electron chi connectivity index (χ1n) is 13.0. The molecule has 5 aromatic rings. The number of hydrogen-bond acceptors (Lipinski definition) is 7. The van der Waals surface area contributed by atoms with E-state index < -0.39 is 12.0 Å². The van der Waals surface area contributed by atoms with Crippen LogP contribution in [0.1, 0.15) is 33.4 Å². The second-order valence-electron chi connectivity index (χ2n) is 9.50. The highest BCUT2D eigenvalue weighted by atomic mass is 32.1. The van der Waals surface area contributed by atoms with Gasteiger partial charge in [-0.25, -0.2) is 4.98 Å². The topological polar surface area (TPSA) is 90.0 Å². The van der Waals surface area contributed by atoms with Gasteiger partial charge in [-0.1, -0.05) is 41.7 Å². The Morgan fingerprint density at radius 3 is 2.15 bits per heavy atom. The predicted molar refractivity (Wildman–Crippen MR) is 160 cm³/mol. The van der Waals surface area contributed by atoms with Crippen molar-refractivity contribution >= 4 is 44.2 Å². The van der Waals surface area contributed by atoms with Crippen molar-refractivity contribution in [3.8, 4) is 17.2 Å². The Morgan fingerprint density at radius 1 is 0.829 bits per heavy atom. The molecule has 0 saturated heterocycles. The highest BCUT2D eigenvalue weighted by molar-refractivity contribution is 7.22. The summed E-state index contributed by atoms with van der Waals surface area (Å²) in [6.45, 7) is 0. The van der Waals surface area contributed by atoms with Crippen LogP contribution in [0.2, 0.25) is 0 Å². The van der Waals surface area contributed by atoms with E-state index in [2.05, 4.69) is 10.3 Å². The molecule has 1 aromatic heterocycles. The summed E-state index contributed by atoms with van der Waals surface area (Å²) in [5.41, 5.74) is 3.33. The van der Waals surface area contributed by atoms with Gasteiger partial charge >= 0.3 is 0 Å². The van der Waals surface area contributed by atoms with Gasteiger partial charge in [0.2, 0.25) is 5.91 Å². The van der Waals surface area contributed by atoms with Crippen LogP contribution in [0.5, 0.6) is 17.2 Å². The average molecular weight is 566 g/mol. The first-order chi connectivity index (χ1) is 20.0. The van der Waals surface area contributed by atoms with E-state index in [4.69, 9.17) is 14.2 Å². The van der Waals surface area contributed by atoms with Crippen molar-refractivity contribution in [2.75, 3.05) is 31.5 Å². The third kappa shape index (κ3) is 4.85. The average Bonchev–Trinajstić information content (AvgIpc) is 3.42. The standard InChI is InChI=1S/C32H27N3O5S/c1-38-21-12-8-19(9-13-21)29-28(30(36)34-32-33-26-17-16-23(40-3)18-27(26)41-32)24-6-4-5-7-25(24)31(37)35(29)20-10-14-22(39-2)15-11-20/h4-18,28-29H,1-3H3,(H,33,34,36). The van der Waals surface area contributed by atoms with Crippen LogP contribution in [0.15, 0.2) is 91.0 Å². The maximum Gasteiger partial charge on any atom is 0.259 e. The van der Waals surface area contributed by atoms with E-state index in [0.29, 0.717) is 39.2 Å². The van der Waals surface area contributed by atoms with Crippen molar-refractivity contribution in [1.82, 2.24) is 4.98 Å². The number of fused-ring (bicyclic) bond motifs is 2. The number of ether oxygens (including phenoxy) is 3. The van der Waals surface area contributed by atoms with Gasteiger partial charge < -0.3 is 19.5 Å². The van der Waals surface area contributed by atoms with Crippen molar-refractivity contribution in [3.63, 3.8) is 0 Å². The van der Waals surface area contributed by atoms with Gasteiger partial charge in [0, 0.05) is 11.3 Å².